The van der Waals surface area contributed by atoms with Crippen molar-refractivity contribution in [2.75, 3.05) is 14.2 Å². The van der Waals surface area contributed by atoms with Gasteiger partial charge in [0.15, 0.2) is 11.6 Å². The molecule has 8 fully saturated rings. The van der Waals surface area contributed by atoms with Crippen LogP contribution in [-0.4, -0.2) is 85.2 Å². The molecule has 0 unspecified atom stereocenters. The smallest absolute Gasteiger partial charge is 0.321 e. The third-order valence-electron chi connectivity index (χ3n) is 16.6. The van der Waals surface area contributed by atoms with E-state index >= 15 is 0 Å². The van der Waals surface area contributed by atoms with Crippen LogP contribution in [-0.2, 0) is 52.5 Å². The molecule has 0 aromatic rings. The summed E-state index contributed by atoms with van der Waals surface area (Å²) in [5, 5.41) is 11.0. The Hall–Kier alpha value is -3.87. The second kappa shape index (κ2) is 10.1. The van der Waals surface area contributed by atoms with Crippen molar-refractivity contribution in [1.82, 2.24) is 0 Å². The highest BCUT2D eigenvalue weighted by Gasteiger charge is 2.86. The summed E-state index contributed by atoms with van der Waals surface area (Å²) in [5.41, 5.74) is -6.98. The van der Waals surface area contributed by atoms with Gasteiger partial charge in [-0.3, -0.25) is 33.6 Å². The van der Waals surface area contributed by atoms with Crippen molar-refractivity contribution in [3.8, 4) is 0 Å². The number of methoxy groups -OCH3 is 2. The third kappa shape index (κ3) is 3.50. The summed E-state index contributed by atoms with van der Waals surface area (Å²) in [6.07, 6.45) is 10.5. The number of hydrogen-bond acceptors (Lipinski definition) is 12. The third-order valence-corrected chi connectivity index (χ3v) is 16.6. The van der Waals surface area contributed by atoms with E-state index in [9.17, 15) is 38.7 Å². The molecule has 1 N–H and O–H groups in total. The lowest BCUT2D eigenvalue weighted by molar-refractivity contribution is -0.164. The first-order valence-electron chi connectivity index (χ1n) is 18.6. The molecule has 0 aromatic carbocycles. The molecule has 10 rings (SSSR count). The molecule has 10 aliphatic rings. The quantitative estimate of drug-likeness (QED) is 0.148. The van der Waals surface area contributed by atoms with Gasteiger partial charge in [-0.2, -0.15) is 0 Å². The summed E-state index contributed by atoms with van der Waals surface area (Å²) >= 11 is 0. The van der Waals surface area contributed by atoms with Crippen molar-refractivity contribution in [3.05, 3.63) is 36.5 Å². The molecular weight excluding hydrogens is 683 g/mol. The molecule has 0 amide bonds. The summed E-state index contributed by atoms with van der Waals surface area (Å²) < 4.78 is 22.1. The number of rotatable bonds is 3. The van der Waals surface area contributed by atoms with E-state index in [-0.39, 0.29) is 41.9 Å². The number of esters is 4. The van der Waals surface area contributed by atoms with Gasteiger partial charge in [-0.25, -0.2) is 0 Å². The topological polar surface area (TPSA) is 177 Å². The van der Waals surface area contributed by atoms with Crippen molar-refractivity contribution >= 4 is 49.1 Å². The van der Waals surface area contributed by atoms with Gasteiger partial charge in [0, 0.05) is 35.5 Å². The second-order valence-corrected chi connectivity index (χ2v) is 18.1. The lowest BCUT2D eigenvalue weighted by Crippen LogP contribution is -2.49. The Bertz CT molecular complexity index is 1950. The van der Waals surface area contributed by atoms with Crippen LogP contribution < -0.4 is 0 Å². The van der Waals surface area contributed by atoms with Gasteiger partial charge in [-0.15, -0.1) is 0 Å². The molecule has 8 aliphatic carbocycles. The van der Waals surface area contributed by atoms with E-state index in [1.165, 1.54) is 26.4 Å². The molecule has 13 heteroatoms. The average Bonchev–Trinajstić information content (AvgIpc) is 3.77. The zero-order chi connectivity index (χ0) is 38.1. The van der Waals surface area contributed by atoms with Gasteiger partial charge in [0.2, 0.25) is 0 Å². The summed E-state index contributed by atoms with van der Waals surface area (Å²) in [4.78, 5) is 90.0. The van der Waals surface area contributed by atoms with Crippen molar-refractivity contribution in [2.45, 2.75) is 88.3 Å². The van der Waals surface area contributed by atoms with E-state index in [0.29, 0.717) is 44.9 Å². The monoisotopic (exact) mass is 726 g/mol. The zero-order valence-corrected chi connectivity index (χ0v) is 30.4. The first-order chi connectivity index (χ1) is 24.9. The molecular formula is C40H43BO12. The summed E-state index contributed by atoms with van der Waals surface area (Å²) in [7, 11) is 8.63. The Morgan fingerprint density at radius 3 is 1.75 bits per heavy atom. The van der Waals surface area contributed by atoms with Crippen LogP contribution in [0.2, 0.25) is 6.32 Å². The fraction of sp³-hybridized carbons (Fsp3) is 0.675. The maximum absolute atomic E-state index is 13.0. The van der Waals surface area contributed by atoms with Crippen LogP contribution in [0.1, 0.15) is 65.2 Å². The molecule has 6 saturated carbocycles. The van der Waals surface area contributed by atoms with Crippen LogP contribution in [0.3, 0.4) is 0 Å². The van der Waals surface area contributed by atoms with E-state index in [2.05, 4.69) is 6.58 Å². The highest BCUT2D eigenvalue weighted by Crippen LogP contribution is 2.79. The Morgan fingerprint density at radius 2 is 1.28 bits per heavy atom. The van der Waals surface area contributed by atoms with Gasteiger partial charge in [0.05, 0.1) is 39.5 Å². The number of fused-ring (bicyclic) bond motifs is 2. The number of hydrogen-bond donors (Lipinski definition) is 1. The fourth-order valence-electron chi connectivity index (χ4n) is 14.5. The van der Waals surface area contributed by atoms with Crippen LogP contribution in [0.25, 0.3) is 0 Å². The highest BCUT2D eigenvalue weighted by molar-refractivity contribution is 6.14. The maximum atomic E-state index is 13.0. The SMILES string of the molecule is C=C1C[C@]23C[C@@]1(O)CC[C@H]2[C@@]12C=CC(=O)[C@@](C)(C(=O)O1)[C@H]2[C@@H]3C(=O)OC.[B]C[C@@]12CC[C@@H]3[C@@](CC1=O)(C2)[C@@H](C(=O)OC)[C@@H]1[C@@]2(C)C(=O)C=C[C@]13OC2=O. The lowest BCUT2D eigenvalue weighted by Gasteiger charge is -2.45. The van der Waals surface area contributed by atoms with Gasteiger partial charge in [0.1, 0.15) is 27.8 Å². The van der Waals surface area contributed by atoms with Crippen molar-refractivity contribution in [2.24, 2.45) is 62.6 Å². The van der Waals surface area contributed by atoms with Crippen molar-refractivity contribution < 1.29 is 57.6 Å². The molecule has 0 aromatic heterocycles. The minimum Gasteiger partial charge on any atom is -0.469 e. The number of Topliss-reactive ketones (excluding diaryl/α,β-unsaturated/α-hetero) is 1. The molecule has 2 saturated heterocycles. The van der Waals surface area contributed by atoms with Gasteiger partial charge in [-0.05, 0) is 99.5 Å². The first-order valence-corrected chi connectivity index (χ1v) is 18.6. The van der Waals surface area contributed by atoms with Crippen LogP contribution in [0, 0.1) is 62.6 Å². The predicted molar refractivity (Wildman–Crippen MR) is 181 cm³/mol. The van der Waals surface area contributed by atoms with Crippen molar-refractivity contribution in [1.29, 1.82) is 0 Å². The molecule has 2 radical (unpaired) electrons. The number of allylic oxidation sites excluding steroid dienone is 2. The lowest BCUT2D eigenvalue weighted by atomic mass is 9.57. The maximum Gasteiger partial charge on any atom is 0.321 e. The van der Waals surface area contributed by atoms with Gasteiger partial charge in [-0.1, -0.05) is 12.9 Å². The van der Waals surface area contributed by atoms with Crippen LogP contribution in [0.4, 0.5) is 0 Å². The molecule has 14 atom stereocenters. The van der Waals surface area contributed by atoms with Crippen molar-refractivity contribution in [3.63, 3.8) is 0 Å². The summed E-state index contributed by atoms with van der Waals surface area (Å²) in [6.45, 7) is 7.24. The largest absolute Gasteiger partial charge is 0.469 e. The molecule has 278 valence electrons. The van der Waals surface area contributed by atoms with Crippen LogP contribution in [0.15, 0.2) is 36.5 Å². The first kappa shape index (κ1) is 34.9. The van der Waals surface area contributed by atoms with E-state index < -0.39 is 91.4 Å². The highest BCUT2D eigenvalue weighted by atomic mass is 16.6. The number of aliphatic hydroxyl groups is 1. The van der Waals surface area contributed by atoms with E-state index in [0.717, 1.165) is 5.57 Å². The van der Waals surface area contributed by atoms with Gasteiger partial charge in [0.25, 0.3) is 0 Å². The van der Waals surface area contributed by atoms with E-state index in [1.54, 1.807) is 26.0 Å². The second-order valence-electron chi connectivity index (χ2n) is 18.1. The van der Waals surface area contributed by atoms with Gasteiger partial charge >= 0.3 is 23.9 Å². The fourth-order valence-corrected chi connectivity index (χ4v) is 14.5. The number of carbonyl (C=O) groups is 7. The standard InChI is InChI=1S/C20H21BO6.C20H22O6/c1-17-11(22)4-6-20(27-16(17)25)10-3-5-18(9-21)8-19(10,7-12(18)23)13(14(17)20)15(24)26-2;1-10-8-18-9-19(10,24)6-4-11(18)20-7-5-12(21)17(2,16(23)26-20)14(20)13(18)15(22)25-3/h4,6,10,13-14H,3,5,7-9H2,1-2H3;5,7,11,13-14,24H,1,4,6,8-9H2,2-3H3/t10-,13-,14-,17-,18+,19-,20-;11-,13-,14-,17-,18+,19+,20-/m11/s1. The predicted octanol–water partition coefficient (Wildman–Crippen LogP) is 2.50. The summed E-state index contributed by atoms with van der Waals surface area (Å²) in [6, 6.07) is 0. The molecule has 12 nitrogen and oxygen atoms in total. The molecule has 8 bridgehead atoms. The van der Waals surface area contributed by atoms with Gasteiger partial charge < -0.3 is 24.1 Å². The number of ether oxygens (including phenoxy) is 4. The number of ketones is 3. The minimum absolute atomic E-state index is 0.0825. The minimum atomic E-state index is -1.42. The Kier molecular flexibility index (Phi) is 6.62. The Balaban J connectivity index is 0.000000141. The Labute approximate surface area is 307 Å². The molecule has 2 heterocycles. The van der Waals surface area contributed by atoms with Crippen LogP contribution in [0.5, 0.6) is 0 Å². The number of carbonyl (C=O) groups excluding carboxylic acids is 7. The van der Waals surface area contributed by atoms with E-state index in [4.69, 9.17) is 26.8 Å². The van der Waals surface area contributed by atoms with Crippen LogP contribution >= 0.6 is 0 Å². The Morgan fingerprint density at radius 1 is 0.811 bits per heavy atom. The summed E-state index contributed by atoms with van der Waals surface area (Å²) in [5.74, 6) is -5.64. The molecule has 53 heavy (non-hydrogen) atoms. The zero-order valence-electron chi connectivity index (χ0n) is 30.4. The molecule has 2 aliphatic heterocycles. The average molecular weight is 727 g/mol. The van der Waals surface area contributed by atoms with E-state index in [1.807, 2.05) is 0 Å². The normalized spacial score (nSPS) is 52.5. The molecule has 2 spiro atoms.